The molecular formula is C16H14O3. The van der Waals surface area contributed by atoms with E-state index in [1.807, 2.05) is 44.2 Å². The Morgan fingerprint density at radius 2 is 2.00 bits per heavy atom. The van der Waals surface area contributed by atoms with Crippen molar-refractivity contribution in [1.82, 2.24) is 0 Å². The SMILES string of the molecule is CC1(C)C=Cc2cc(-c3ccc(C=O)o3)ccc2O1. The molecule has 3 rings (SSSR count). The van der Waals surface area contributed by atoms with Crippen molar-refractivity contribution in [3.8, 4) is 17.1 Å². The summed E-state index contributed by atoms with van der Waals surface area (Å²) in [5.41, 5.74) is 1.67. The van der Waals surface area contributed by atoms with Crippen LogP contribution in [0.1, 0.15) is 30.0 Å². The number of benzene rings is 1. The number of furan rings is 1. The van der Waals surface area contributed by atoms with Crippen molar-refractivity contribution >= 4 is 12.4 Å². The lowest BCUT2D eigenvalue weighted by atomic mass is 10.0. The van der Waals surface area contributed by atoms with Gasteiger partial charge in [-0.05, 0) is 50.3 Å². The van der Waals surface area contributed by atoms with Gasteiger partial charge in [0.05, 0.1) is 0 Å². The van der Waals surface area contributed by atoms with Crippen molar-refractivity contribution in [2.24, 2.45) is 0 Å². The number of hydrogen-bond donors (Lipinski definition) is 0. The quantitative estimate of drug-likeness (QED) is 0.762. The molecular weight excluding hydrogens is 240 g/mol. The fourth-order valence-electron chi connectivity index (χ4n) is 2.10. The Balaban J connectivity index is 2.00. The Kier molecular flexibility index (Phi) is 2.56. The molecule has 0 aliphatic carbocycles. The minimum Gasteiger partial charge on any atom is -0.483 e. The van der Waals surface area contributed by atoms with Crippen LogP contribution in [0, 0.1) is 0 Å². The predicted molar refractivity (Wildman–Crippen MR) is 73.3 cm³/mol. The van der Waals surface area contributed by atoms with E-state index in [9.17, 15) is 4.79 Å². The molecule has 0 radical (unpaired) electrons. The average Bonchev–Trinajstić information content (AvgIpc) is 2.86. The van der Waals surface area contributed by atoms with E-state index in [1.165, 1.54) is 0 Å². The van der Waals surface area contributed by atoms with E-state index in [-0.39, 0.29) is 5.60 Å². The first-order valence-electron chi connectivity index (χ1n) is 6.15. The molecule has 0 spiro atoms. The lowest BCUT2D eigenvalue weighted by Crippen LogP contribution is -2.27. The number of ether oxygens (including phenoxy) is 1. The summed E-state index contributed by atoms with van der Waals surface area (Å²) in [5.74, 6) is 1.88. The molecule has 1 aliphatic heterocycles. The Morgan fingerprint density at radius 3 is 2.74 bits per heavy atom. The van der Waals surface area contributed by atoms with Crippen LogP contribution in [0.5, 0.6) is 5.75 Å². The van der Waals surface area contributed by atoms with E-state index >= 15 is 0 Å². The summed E-state index contributed by atoms with van der Waals surface area (Å²) >= 11 is 0. The van der Waals surface area contributed by atoms with Gasteiger partial charge in [-0.25, -0.2) is 0 Å². The molecule has 19 heavy (non-hydrogen) atoms. The number of rotatable bonds is 2. The van der Waals surface area contributed by atoms with Crippen molar-refractivity contribution in [2.75, 3.05) is 0 Å². The fraction of sp³-hybridized carbons (Fsp3) is 0.188. The highest BCUT2D eigenvalue weighted by atomic mass is 16.5. The van der Waals surface area contributed by atoms with Crippen molar-refractivity contribution in [3.05, 3.63) is 47.7 Å². The molecule has 0 N–H and O–H groups in total. The molecule has 0 bridgehead atoms. The summed E-state index contributed by atoms with van der Waals surface area (Å²) in [6.45, 7) is 4.03. The maximum Gasteiger partial charge on any atom is 0.185 e. The van der Waals surface area contributed by atoms with E-state index in [0.29, 0.717) is 17.8 Å². The van der Waals surface area contributed by atoms with E-state index in [2.05, 4.69) is 0 Å². The zero-order valence-corrected chi connectivity index (χ0v) is 10.8. The van der Waals surface area contributed by atoms with Gasteiger partial charge in [0.15, 0.2) is 12.0 Å². The molecule has 2 aromatic rings. The van der Waals surface area contributed by atoms with E-state index in [4.69, 9.17) is 9.15 Å². The predicted octanol–water partition coefficient (Wildman–Crippen LogP) is 3.94. The van der Waals surface area contributed by atoms with E-state index in [1.54, 1.807) is 12.1 Å². The van der Waals surface area contributed by atoms with Gasteiger partial charge in [0.2, 0.25) is 0 Å². The van der Waals surface area contributed by atoms with Crippen LogP contribution in [0.25, 0.3) is 17.4 Å². The van der Waals surface area contributed by atoms with Crippen LogP contribution in [0.4, 0.5) is 0 Å². The monoisotopic (exact) mass is 254 g/mol. The maximum absolute atomic E-state index is 10.6. The highest BCUT2D eigenvalue weighted by Gasteiger charge is 2.21. The van der Waals surface area contributed by atoms with Gasteiger partial charge < -0.3 is 9.15 Å². The second-order valence-electron chi connectivity index (χ2n) is 5.11. The van der Waals surface area contributed by atoms with Gasteiger partial charge in [-0.1, -0.05) is 6.08 Å². The lowest BCUT2D eigenvalue weighted by Gasteiger charge is -2.27. The average molecular weight is 254 g/mol. The molecule has 3 nitrogen and oxygen atoms in total. The molecule has 0 amide bonds. The lowest BCUT2D eigenvalue weighted by molar-refractivity contribution is 0.110. The zero-order valence-electron chi connectivity index (χ0n) is 10.8. The first kappa shape index (κ1) is 11.8. The number of hydrogen-bond acceptors (Lipinski definition) is 3. The summed E-state index contributed by atoms with van der Waals surface area (Å²) in [4.78, 5) is 10.6. The Morgan fingerprint density at radius 1 is 1.16 bits per heavy atom. The van der Waals surface area contributed by atoms with Crippen LogP contribution in [0.3, 0.4) is 0 Å². The highest BCUT2D eigenvalue weighted by Crippen LogP contribution is 2.34. The van der Waals surface area contributed by atoms with Crippen molar-refractivity contribution in [1.29, 1.82) is 0 Å². The minimum atomic E-state index is -0.274. The largest absolute Gasteiger partial charge is 0.483 e. The molecule has 1 aliphatic rings. The van der Waals surface area contributed by atoms with Crippen molar-refractivity contribution in [2.45, 2.75) is 19.4 Å². The third kappa shape index (κ3) is 2.19. The standard InChI is InChI=1S/C16H14O3/c1-16(2)8-7-12-9-11(3-5-15(12)19-16)14-6-4-13(10-17)18-14/h3-10H,1-2H3. The number of carbonyl (C=O) groups excluding carboxylic acids is 1. The van der Waals surface area contributed by atoms with Crippen LogP contribution in [-0.2, 0) is 0 Å². The Hall–Kier alpha value is -2.29. The van der Waals surface area contributed by atoms with Crippen LogP contribution < -0.4 is 4.74 Å². The van der Waals surface area contributed by atoms with Crippen LogP contribution in [0.15, 0.2) is 40.8 Å². The second-order valence-corrected chi connectivity index (χ2v) is 5.11. The molecule has 0 fully saturated rings. The fourth-order valence-corrected chi connectivity index (χ4v) is 2.10. The third-order valence-electron chi connectivity index (χ3n) is 3.07. The summed E-state index contributed by atoms with van der Waals surface area (Å²) in [7, 11) is 0. The number of carbonyl (C=O) groups is 1. The zero-order chi connectivity index (χ0) is 13.5. The van der Waals surface area contributed by atoms with Gasteiger partial charge in [-0.3, -0.25) is 4.79 Å². The molecule has 0 unspecified atom stereocenters. The van der Waals surface area contributed by atoms with Crippen LogP contribution in [0.2, 0.25) is 0 Å². The van der Waals surface area contributed by atoms with Crippen LogP contribution in [-0.4, -0.2) is 11.9 Å². The van der Waals surface area contributed by atoms with Gasteiger partial charge in [-0.2, -0.15) is 0 Å². The Labute approximate surface area is 111 Å². The van der Waals surface area contributed by atoms with Gasteiger partial charge in [0.1, 0.15) is 17.1 Å². The maximum atomic E-state index is 10.6. The molecule has 0 saturated heterocycles. The summed E-state index contributed by atoms with van der Waals surface area (Å²) in [6, 6.07) is 9.31. The van der Waals surface area contributed by atoms with Crippen molar-refractivity contribution in [3.63, 3.8) is 0 Å². The summed E-state index contributed by atoms with van der Waals surface area (Å²) < 4.78 is 11.3. The molecule has 2 heterocycles. The highest BCUT2D eigenvalue weighted by molar-refractivity contribution is 5.74. The van der Waals surface area contributed by atoms with Gasteiger partial charge in [0, 0.05) is 11.1 Å². The smallest absolute Gasteiger partial charge is 0.185 e. The van der Waals surface area contributed by atoms with E-state index < -0.39 is 0 Å². The number of aldehydes is 1. The van der Waals surface area contributed by atoms with E-state index in [0.717, 1.165) is 16.9 Å². The molecule has 0 atom stereocenters. The minimum absolute atomic E-state index is 0.274. The first-order chi connectivity index (χ1) is 9.07. The third-order valence-corrected chi connectivity index (χ3v) is 3.07. The summed E-state index contributed by atoms with van der Waals surface area (Å²) in [5, 5.41) is 0. The first-order valence-corrected chi connectivity index (χ1v) is 6.15. The van der Waals surface area contributed by atoms with Gasteiger partial charge in [-0.15, -0.1) is 0 Å². The van der Waals surface area contributed by atoms with Gasteiger partial charge >= 0.3 is 0 Å². The Bertz CT molecular complexity index is 662. The summed E-state index contributed by atoms with van der Waals surface area (Å²) in [6.07, 6.45) is 4.78. The molecule has 1 aromatic heterocycles. The van der Waals surface area contributed by atoms with Gasteiger partial charge in [0.25, 0.3) is 0 Å². The van der Waals surface area contributed by atoms with Crippen LogP contribution >= 0.6 is 0 Å². The molecule has 96 valence electrons. The topological polar surface area (TPSA) is 39.4 Å². The second kappa shape index (κ2) is 4.12. The van der Waals surface area contributed by atoms with Crippen molar-refractivity contribution < 1.29 is 13.9 Å². The molecule has 1 aromatic carbocycles. The number of fused-ring (bicyclic) bond motifs is 1. The normalized spacial score (nSPS) is 15.7. The molecule has 0 saturated carbocycles. The molecule has 3 heteroatoms.